The molecular formula is C13H13N5O2S2. The normalized spacial score (nSPS) is 11.2. The molecule has 0 atom stereocenters. The third kappa shape index (κ3) is 4.16. The molecule has 0 aromatic carbocycles. The molecule has 0 radical (unpaired) electrons. The zero-order valence-corrected chi connectivity index (χ0v) is 13.6. The second-order valence-electron chi connectivity index (χ2n) is 4.12. The fraction of sp³-hybridized carbons (Fsp3) is 0.308. The molecule has 0 saturated heterocycles. The first-order valence-corrected chi connectivity index (χ1v) is 8.22. The second-order valence-corrected chi connectivity index (χ2v) is 6.01. The fourth-order valence-corrected chi connectivity index (χ4v) is 3.25. The van der Waals surface area contributed by atoms with Gasteiger partial charge in [-0.1, -0.05) is 11.8 Å². The summed E-state index contributed by atoms with van der Waals surface area (Å²) in [5.74, 6) is 0.110. The van der Waals surface area contributed by atoms with Gasteiger partial charge in [0.15, 0.2) is 0 Å². The Kier molecular flexibility index (Phi) is 5.68. The Labute approximate surface area is 135 Å². The van der Waals surface area contributed by atoms with E-state index in [-0.39, 0.29) is 12.2 Å². The Morgan fingerprint density at radius 3 is 3.09 bits per heavy atom. The van der Waals surface area contributed by atoms with Gasteiger partial charge >= 0.3 is 5.97 Å². The quantitative estimate of drug-likeness (QED) is 0.345. The third-order valence-electron chi connectivity index (χ3n) is 2.53. The summed E-state index contributed by atoms with van der Waals surface area (Å²) in [6, 6.07) is 3.79. The van der Waals surface area contributed by atoms with Gasteiger partial charge in [-0.15, -0.1) is 16.4 Å². The summed E-state index contributed by atoms with van der Waals surface area (Å²) < 4.78 is 6.43. The van der Waals surface area contributed by atoms with Crippen molar-refractivity contribution in [2.45, 2.75) is 17.8 Å². The maximum absolute atomic E-state index is 11.6. The minimum Gasteiger partial charge on any atom is -0.462 e. The highest BCUT2D eigenvalue weighted by atomic mass is 32.2. The molecule has 7 nitrogen and oxygen atoms in total. The van der Waals surface area contributed by atoms with Crippen molar-refractivity contribution in [1.82, 2.24) is 20.2 Å². The SMILES string of the molecule is CCOC(=O)/C(C#N)=C/c1cc(CSc2nnnn2C)cs1. The number of carbonyl (C=O) groups is 1. The number of aryl methyl sites for hydroxylation is 1. The van der Waals surface area contributed by atoms with Crippen molar-refractivity contribution in [2.24, 2.45) is 7.05 Å². The number of rotatable bonds is 6. The van der Waals surface area contributed by atoms with E-state index < -0.39 is 5.97 Å². The van der Waals surface area contributed by atoms with Crippen LogP contribution >= 0.6 is 23.1 Å². The van der Waals surface area contributed by atoms with Crippen LogP contribution in [-0.4, -0.2) is 32.8 Å². The molecular weight excluding hydrogens is 322 g/mol. The standard InChI is InChI=1S/C13H13N5O2S2/c1-3-20-12(19)10(6-14)5-11-4-9(7-21-11)8-22-13-15-16-17-18(13)2/h4-5,7H,3,8H2,1-2H3/b10-5+. The zero-order chi connectivity index (χ0) is 15.9. The van der Waals surface area contributed by atoms with Crippen molar-refractivity contribution in [3.05, 3.63) is 27.5 Å². The van der Waals surface area contributed by atoms with Crippen LogP contribution in [0.25, 0.3) is 6.08 Å². The van der Waals surface area contributed by atoms with Crippen molar-refractivity contribution in [3.63, 3.8) is 0 Å². The van der Waals surface area contributed by atoms with Crippen LogP contribution in [0.5, 0.6) is 0 Å². The van der Waals surface area contributed by atoms with Gasteiger partial charge in [-0.2, -0.15) is 5.26 Å². The summed E-state index contributed by atoms with van der Waals surface area (Å²) >= 11 is 2.98. The first kappa shape index (κ1) is 16.2. The topological polar surface area (TPSA) is 93.7 Å². The summed E-state index contributed by atoms with van der Waals surface area (Å²) in [7, 11) is 1.78. The first-order valence-electron chi connectivity index (χ1n) is 6.35. The Bertz CT molecular complexity index is 729. The molecule has 0 amide bonds. The van der Waals surface area contributed by atoms with E-state index in [1.807, 2.05) is 17.5 Å². The van der Waals surface area contributed by atoms with Gasteiger partial charge in [-0.3, -0.25) is 0 Å². The van der Waals surface area contributed by atoms with Crippen LogP contribution < -0.4 is 0 Å². The molecule has 0 spiro atoms. The second kappa shape index (κ2) is 7.72. The smallest absolute Gasteiger partial charge is 0.348 e. The molecule has 0 fully saturated rings. The van der Waals surface area contributed by atoms with Crippen LogP contribution in [0.4, 0.5) is 0 Å². The predicted octanol–water partition coefficient (Wildman–Crippen LogP) is 2.03. The number of ether oxygens (including phenoxy) is 1. The molecule has 2 aromatic heterocycles. The lowest BCUT2D eigenvalue weighted by Gasteiger charge is -1.98. The molecule has 0 N–H and O–H groups in total. The van der Waals surface area contributed by atoms with Crippen molar-refractivity contribution in [2.75, 3.05) is 6.61 Å². The Hall–Kier alpha value is -2.18. The largest absolute Gasteiger partial charge is 0.462 e. The highest BCUT2D eigenvalue weighted by molar-refractivity contribution is 7.98. The van der Waals surface area contributed by atoms with Gasteiger partial charge in [0.05, 0.1) is 6.61 Å². The molecule has 0 unspecified atom stereocenters. The summed E-state index contributed by atoms with van der Waals surface area (Å²) in [6.07, 6.45) is 1.54. The number of tetrazole rings is 1. The van der Waals surface area contributed by atoms with Crippen molar-refractivity contribution in [1.29, 1.82) is 5.26 Å². The monoisotopic (exact) mass is 335 g/mol. The molecule has 0 aliphatic carbocycles. The summed E-state index contributed by atoms with van der Waals surface area (Å²) in [4.78, 5) is 12.4. The van der Waals surface area contributed by atoms with Crippen LogP contribution in [0.1, 0.15) is 17.4 Å². The molecule has 2 aromatic rings. The number of aromatic nitrogens is 4. The Morgan fingerprint density at radius 1 is 1.64 bits per heavy atom. The van der Waals surface area contributed by atoms with Crippen LogP contribution in [0.3, 0.4) is 0 Å². The van der Waals surface area contributed by atoms with E-state index in [1.165, 1.54) is 23.1 Å². The molecule has 0 aliphatic rings. The number of nitriles is 1. The molecule has 9 heteroatoms. The lowest BCUT2D eigenvalue weighted by molar-refractivity contribution is -0.137. The highest BCUT2D eigenvalue weighted by Crippen LogP contribution is 2.24. The van der Waals surface area contributed by atoms with E-state index in [9.17, 15) is 4.79 Å². The maximum atomic E-state index is 11.6. The van der Waals surface area contributed by atoms with E-state index in [0.29, 0.717) is 5.75 Å². The fourth-order valence-electron chi connectivity index (χ4n) is 1.53. The van der Waals surface area contributed by atoms with Crippen LogP contribution in [0.2, 0.25) is 0 Å². The Balaban J connectivity index is 2.03. The zero-order valence-electron chi connectivity index (χ0n) is 12.0. The lowest BCUT2D eigenvalue weighted by Crippen LogP contribution is -2.05. The molecule has 0 aliphatic heterocycles. The predicted molar refractivity (Wildman–Crippen MR) is 82.9 cm³/mol. The third-order valence-corrected chi connectivity index (χ3v) is 4.54. The van der Waals surface area contributed by atoms with E-state index in [2.05, 4.69) is 15.5 Å². The Morgan fingerprint density at radius 2 is 2.45 bits per heavy atom. The van der Waals surface area contributed by atoms with Gasteiger partial charge in [-0.05, 0) is 40.4 Å². The van der Waals surface area contributed by atoms with Gasteiger partial charge in [0.1, 0.15) is 11.6 Å². The summed E-state index contributed by atoms with van der Waals surface area (Å²) in [6.45, 7) is 1.95. The van der Waals surface area contributed by atoms with Crippen LogP contribution in [-0.2, 0) is 22.3 Å². The molecule has 2 rings (SSSR count). The van der Waals surface area contributed by atoms with E-state index in [1.54, 1.807) is 24.7 Å². The van der Waals surface area contributed by atoms with Crippen LogP contribution in [0.15, 0.2) is 22.2 Å². The number of hydrogen-bond donors (Lipinski definition) is 0. The maximum Gasteiger partial charge on any atom is 0.348 e. The van der Waals surface area contributed by atoms with Crippen molar-refractivity contribution in [3.8, 4) is 6.07 Å². The highest BCUT2D eigenvalue weighted by Gasteiger charge is 2.11. The first-order chi connectivity index (χ1) is 10.6. The average molecular weight is 335 g/mol. The number of thioether (sulfide) groups is 1. The molecule has 0 saturated carbocycles. The molecule has 22 heavy (non-hydrogen) atoms. The number of esters is 1. The van der Waals surface area contributed by atoms with Gasteiger partial charge < -0.3 is 4.74 Å². The number of hydrogen-bond acceptors (Lipinski definition) is 8. The summed E-state index contributed by atoms with van der Waals surface area (Å²) in [5, 5.41) is 22.9. The molecule has 0 bridgehead atoms. The molecule has 114 valence electrons. The van der Waals surface area contributed by atoms with E-state index >= 15 is 0 Å². The lowest BCUT2D eigenvalue weighted by atomic mass is 10.2. The van der Waals surface area contributed by atoms with Crippen molar-refractivity contribution >= 4 is 35.1 Å². The average Bonchev–Trinajstić information content (AvgIpc) is 3.11. The van der Waals surface area contributed by atoms with Gasteiger partial charge in [0, 0.05) is 17.7 Å². The number of carbonyl (C=O) groups excluding carboxylic acids is 1. The van der Waals surface area contributed by atoms with E-state index in [0.717, 1.165) is 15.6 Å². The van der Waals surface area contributed by atoms with Gasteiger partial charge in [0.2, 0.25) is 5.16 Å². The number of thiophene rings is 1. The minimum atomic E-state index is -0.598. The minimum absolute atomic E-state index is 0.000374. The number of nitrogens with zero attached hydrogens (tertiary/aromatic N) is 5. The van der Waals surface area contributed by atoms with Crippen LogP contribution in [0, 0.1) is 11.3 Å². The van der Waals surface area contributed by atoms with Crippen molar-refractivity contribution < 1.29 is 9.53 Å². The van der Waals surface area contributed by atoms with Gasteiger partial charge in [0.25, 0.3) is 0 Å². The summed E-state index contributed by atoms with van der Waals surface area (Å²) in [5.41, 5.74) is 1.07. The molecule has 2 heterocycles. The van der Waals surface area contributed by atoms with Gasteiger partial charge in [-0.25, -0.2) is 9.48 Å². The van der Waals surface area contributed by atoms with E-state index in [4.69, 9.17) is 10.00 Å².